The van der Waals surface area contributed by atoms with Gasteiger partial charge in [-0.25, -0.2) is 0 Å². The molecule has 205 valence electrons. The van der Waals surface area contributed by atoms with Crippen molar-refractivity contribution in [2.45, 2.75) is 19.8 Å². The van der Waals surface area contributed by atoms with Crippen LogP contribution in [-0.4, -0.2) is 9.97 Å². The number of hydrogen-bond donors (Lipinski definition) is 0. The molecule has 0 amide bonds. The molecule has 0 aliphatic rings. The topological polar surface area (TPSA) is 25.8 Å². The molecule has 4 heteroatoms. The maximum atomic E-state index is 13.0. The molecule has 0 fully saturated rings. The number of aromatic nitrogens is 2. The molecule has 4 aromatic carbocycles. The summed E-state index contributed by atoms with van der Waals surface area (Å²) in [5, 5.41) is 0. The molecule has 1 radical (unpaired) electrons. The Labute approximate surface area is 255 Å². The summed E-state index contributed by atoms with van der Waals surface area (Å²) in [6, 6.07) is 45.5. The van der Waals surface area contributed by atoms with Crippen molar-refractivity contribution in [3.8, 4) is 33.6 Å². The maximum Gasteiger partial charge on any atom is 0.0379 e. The second kappa shape index (κ2) is 14.4. The van der Waals surface area contributed by atoms with Crippen LogP contribution in [0.4, 0.5) is 4.39 Å². The van der Waals surface area contributed by atoms with Gasteiger partial charge in [-0.05, 0) is 52.2 Å². The summed E-state index contributed by atoms with van der Waals surface area (Å²) in [6.45, 7) is 4.26. The summed E-state index contributed by atoms with van der Waals surface area (Å²) in [4.78, 5) is 8.87. The summed E-state index contributed by atoms with van der Waals surface area (Å²) in [7, 11) is 0. The first-order valence-corrected chi connectivity index (χ1v) is 13.3. The average Bonchev–Trinajstić information content (AvgIpc) is 3.03. The van der Waals surface area contributed by atoms with Gasteiger partial charge in [0.15, 0.2) is 0 Å². The third-order valence-corrected chi connectivity index (χ3v) is 6.81. The van der Waals surface area contributed by atoms with Gasteiger partial charge in [0, 0.05) is 44.2 Å². The fraction of sp³-hybridized carbons (Fsp3) is 0.0811. The molecule has 0 saturated carbocycles. The second-order valence-electron chi connectivity index (χ2n) is 9.55. The van der Waals surface area contributed by atoms with Gasteiger partial charge in [0.05, 0.1) is 0 Å². The first kappa shape index (κ1) is 29.7. The molecule has 41 heavy (non-hydrogen) atoms. The summed E-state index contributed by atoms with van der Waals surface area (Å²) in [5.41, 5.74) is 9.69. The number of halogens is 1. The fourth-order valence-electron chi connectivity index (χ4n) is 4.52. The minimum Gasteiger partial charge on any atom is -0.305 e. The Hall–Kier alpha value is -4.24. The van der Waals surface area contributed by atoms with E-state index in [0.717, 1.165) is 22.5 Å². The SMILES string of the molecule is CC(c1ccccc1)c1ccnc(-c2[c-]cc(F)cc2)c1.Cc1cnc(-c2[c-]cccc2)cc1-c1ccccc1.[Ir]. The number of benzene rings is 4. The van der Waals surface area contributed by atoms with Crippen molar-refractivity contribution < 1.29 is 24.5 Å². The van der Waals surface area contributed by atoms with E-state index in [4.69, 9.17) is 0 Å². The Morgan fingerprint density at radius 1 is 0.683 bits per heavy atom. The van der Waals surface area contributed by atoms with Crippen LogP contribution in [0.1, 0.15) is 29.5 Å². The standard InChI is InChI=1S/C19H15FN.C18H14N.Ir/c1-14(15-5-3-2-4-6-15)17-11-12-21-19(13-17)16-7-9-18(20)10-8-16;1-14-13-19-18(16-10-6-3-7-11-16)12-17(14)15-8-4-2-5-9-15;/h2-7,9-14H,1H3;2-10,12-13H,1H3;/q2*-1;. The van der Waals surface area contributed by atoms with Crippen LogP contribution in [0.3, 0.4) is 0 Å². The van der Waals surface area contributed by atoms with Gasteiger partial charge in [-0.2, -0.15) is 0 Å². The van der Waals surface area contributed by atoms with E-state index in [1.165, 1.54) is 39.9 Å². The molecule has 6 aromatic rings. The number of hydrogen-bond acceptors (Lipinski definition) is 2. The third-order valence-electron chi connectivity index (χ3n) is 6.81. The molecule has 0 bridgehead atoms. The molecular formula is C37H29FIrN2-2. The van der Waals surface area contributed by atoms with E-state index in [-0.39, 0.29) is 31.8 Å². The molecule has 0 N–H and O–H groups in total. The van der Waals surface area contributed by atoms with Crippen LogP contribution in [-0.2, 0) is 20.1 Å². The smallest absolute Gasteiger partial charge is 0.0379 e. The summed E-state index contributed by atoms with van der Waals surface area (Å²) < 4.78 is 13.0. The van der Waals surface area contributed by atoms with E-state index in [1.54, 1.807) is 12.3 Å². The van der Waals surface area contributed by atoms with Crippen LogP contribution in [0.25, 0.3) is 33.6 Å². The van der Waals surface area contributed by atoms with E-state index >= 15 is 0 Å². The van der Waals surface area contributed by atoms with Gasteiger partial charge in [-0.1, -0.05) is 79.7 Å². The molecule has 1 unspecified atom stereocenters. The number of pyridine rings is 2. The van der Waals surface area contributed by atoms with Gasteiger partial charge in [-0.3, -0.25) is 4.39 Å². The van der Waals surface area contributed by atoms with E-state index in [2.05, 4.69) is 78.4 Å². The Morgan fingerprint density at radius 2 is 1.37 bits per heavy atom. The first-order valence-electron chi connectivity index (χ1n) is 13.3. The Kier molecular flexibility index (Phi) is 10.4. The van der Waals surface area contributed by atoms with Crippen molar-refractivity contribution in [2.24, 2.45) is 0 Å². The van der Waals surface area contributed by atoms with Crippen molar-refractivity contribution in [1.29, 1.82) is 0 Å². The zero-order valence-corrected chi connectivity index (χ0v) is 25.3. The summed E-state index contributed by atoms with van der Waals surface area (Å²) >= 11 is 0. The van der Waals surface area contributed by atoms with Crippen LogP contribution < -0.4 is 0 Å². The van der Waals surface area contributed by atoms with Crippen LogP contribution in [0.5, 0.6) is 0 Å². The van der Waals surface area contributed by atoms with Crippen molar-refractivity contribution in [2.75, 3.05) is 0 Å². The molecule has 2 nitrogen and oxygen atoms in total. The van der Waals surface area contributed by atoms with Gasteiger partial charge in [0.1, 0.15) is 0 Å². The summed E-state index contributed by atoms with van der Waals surface area (Å²) in [5.74, 6) is 0.000886. The van der Waals surface area contributed by atoms with E-state index in [9.17, 15) is 4.39 Å². The molecule has 2 heterocycles. The molecule has 1 atom stereocenters. The Balaban J connectivity index is 0.000000185. The third kappa shape index (κ3) is 7.70. The molecular weight excluding hydrogens is 684 g/mol. The average molecular weight is 713 g/mol. The molecule has 0 spiro atoms. The van der Waals surface area contributed by atoms with Gasteiger partial charge in [-0.15, -0.1) is 65.7 Å². The van der Waals surface area contributed by atoms with Crippen molar-refractivity contribution in [3.05, 3.63) is 168 Å². The summed E-state index contributed by atoms with van der Waals surface area (Å²) in [6.07, 6.45) is 3.72. The van der Waals surface area contributed by atoms with Crippen LogP contribution in [0.2, 0.25) is 0 Å². The quantitative estimate of drug-likeness (QED) is 0.167. The van der Waals surface area contributed by atoms with Crippen molar-refractivity contribution >= 4 is 0 Å². The van der Waals surface area contributed by atoms with Gasteiger partial charge in [0.2, 0.25) is 0 Å². The molecule has 0 saturated heterocycles. The second-order valence-corrected chi connectivity index (χ2v) is 9.55. The normalized spacial score (nSPS) is 11.0. The van der Waals surface area contributed by atoms with Gasteiger partial charge < -0.3 is 9.97 Å². The minimum absolute atomic E-state index is 0. The van der Waals surface area contributed by atoms with Gasteiger partial charge in [0.25, 0.3) is 0 Å². The van der Waals surface area contributed by atoms with E-state index < -0.39 is 0 Å². The monoisotopic (exact) mass is 713 g/mol. The number of rotatable bonds is 5. The van der Waals surface area contributed by atoms with E-state index in [0.29, 0.717) is 0 Å². The van der Waals surface area contributed by atoms with Crippen molar-refractivity contribution in [1.82, 2.24) is 9.97 Å². The minimum atomic E-state index is -0.285. The predicted octanol–water partition coefficient (Wildman–Crippen LogP) is 9.36. The number of aryl methyl sites for hydroxylation is 1. The van der Waals surface area contributed by atoms with Crippen LogP contribution in [0, 0.1) is 24.9 Å². The zero-order chi connectivity index (χ0) is 27.7. The Morgan fingerprint density at radius 3 is 2.05 bits per heavy atom. The molecule has 0 aliphatic heterocycles. The predicted molar refractivity (Wildman–Crippen MR) is 161 cm³/mol. The first-order chi connectivity index (χ1) is 19.6. The fourth-order valence-corrected chi connectivity index (χ4v) is 4.52. The van der Waals surface area contributed by atoms with E-state index in [1.807, 2.05) is 66.9 Å². The maximum absolute atomic E-state index is 13.0. The van der Waals surface area contributed by atoms with Crippen LogP contribution >= 0.6 is 0 Å². The van der Waals surface area contributed by atoms with Crippen molar-refractivity contribution in [3.63, 3.8) is 0 Å². The largest absolute Gasteiger partial charge is 0.305 e. The van der Waals surface area contributed by atoms with Gasteiger partial charge >= 0.3 is 0 Å². The van der Waals surface area contributed by atoms with Crippen LogP contribution in [0.15, 0.2) is 134 Å². The molecule has 2 aromatic heterocycles. The molecule has 6 rings (SSSR count). The molecule has 0 aliphatic carbocycles. The Bertz CT molecular complexity index is 1660. The number of nitrogens with zero attached hydrogens (tertiary/aromatic N) is 2. The zero-order valence-electron chi connectivity index (χ0n) is 22.9.